The van der Waals surface area contributed by atoms with Gasteiger partial charge in [-0.2, -0.15) is 0 Å². The zero-order valence-corrected chi connectivity index (χ0v) is 14.3. The molecule has 2 aromatic rings. The van der Waals surface area contributed by atoms with E-state index in [0.29, 0.717) is 6.61 Å². The van der Waals surface area contributed by atoms with Gasteiger partial charge >= 0.3 is 0 Å². The summed E-state index contributed by atoms with van der Waals surface area (Å²) in [5.41, 5.74) is 8.29. The maximum absolute atomic E-state index is 5.98. The Hall–Kier alpha value is -1.03. The third-order valence-electron chi connectivity index (χ3n) is 3.33. The van der Waals surface area contributed by atoms with Crippen molar-refractivity contribution in [3.8, 4) is 5.75 Å². The van der Waals surface area contributed by atoms with Gasteiger partial charge in [0.25, 0.3) is 0 Å². The zero-order chi connectivity index (χ0) is 15.2. The van der Waals surface area contributed by atoms with Crippen LogP contribution in [0.25, 0.3) is 0 Å². The molecule has 21 heavy (non-hydrogen) atoms. The van der Waals surface area contributed by atoms with Gasteiger partial charge in [0.15, 0.2) is 0 Å². The van der Waals surface area contributed by atoms with Crippen molar-refractivity contribution in [1.82, 2.24) is 0 Å². The minimum Gasteiger partial charge on any atom is -0.488 e. The van der Waals surface area contributed by atoms with Crippen molar-refractivity contribution in [2.24, 2.45) is 5.73 Å². The number of hydrogen-bond acceptors (Lipinski definition) is 2. The van der Waals surface area contributed by atoms with Gasteiger partial charge < -0.3 is 10.5 Å². The van der Waals surface area contributed by atoms with E-state index in [0.717, 1.165) is 33.6 Å². The predicted molar refractivity (Wildman–Crippen MR) is 91.9 cm³/mol. The maximum Gasteiger partial charge on any atom is 0.134 e. The second-order valence-corrected chi connectivity index (χ2v) is 6.34. The molecule has 112 valence electrons. The van der Waals surface area contributed by atoms with Crippen LogP contribution in [0.15, 0.2) is 46.9 Å². The highest BCUT2D eigenvalue weighted by atomic mass is 79.9. The van der Waals surface area contributed by atoms with Crippen LogP contribution < -0.4 is 10.5 Å². The zero-order valence-electron chi connectivity index (χ0n) is 12.0. The van der Waals surface area contributed by atoms with E-state index < -0.39 is 0 Å². The quantitative estimate of drug-likeness (QED) is 0.782. The smallest absolute Gasteiger partial charge is 0.134 e. The number of hydrogen-bond donors (Lipinski definition) is 1. The minimum absolute atomic E-state index is 0.206. The third-order valence-corrected chi connectivity index (χ3v) is 4.20. The monoisotopic (exact) mass is 367 g/mol. The number of halogens is 2. The molecule has 0 radical (unpaired) electrons. The topological polar surface area (TPSA) is 35.2 Å². The average molecular weight is 369 g/mol. The molecule has 2 N–H and O–H groups in total. The maximum atomic E-state index is 5.98. The third kappa shape index (κ3) is 5.03. The number of ether oxygens (including phenoxy) is 1. The summed E-state index contributed by atoms with van der Waals surface area (Å²) in [6.07, 6.45) is 1.86. The molecule has 4 heteroatoms. The Kier molecular flexibility index (Phi) is 6.09. The normalized spacial score (nSPS) is 12.2. The van der Waals surface area contributed by atoms with E-state index in [1.54, 1.807) is 0 Å². The fourth-order valence-electron chi connectivity index (χ4n) is 1.98. The first-order valence-corrected chi connectivity index (χ1v) is 8.17. The number of rotatable bonds is 6. The summed E-state index contributed by atoms with van der Waals surface area (Å²) in [5, 5.41) is 0.733. The van der Waals surface area contributed by atoms with Gasteiger partial charge in [0.05, 0.1) is 4.47 Å². The largest absolute Gasteiger partial charge is 0.488 e. The first-order valence-electron chi connectivity index (χ1n) is 6.99. The summed E-state index contributed by atoms with van der Waals surface area (Å²) in [7, 11) is 0. The summed E-state index contributed by atoms with van der Waals surface area (Å²) in [4.78, 5) is 0. The van der Waals surface area contributed by atoms with Crippen molar-refractivity contribution in [1.29, 1.82) is 0 Å². The summed E-state index contributed by atoms with van der Waals surface area (Å²) in [5.74, 6) is 0.832. The van der Waals surface area contributed by atoms with Crippen molar-refractivity contribution in [3.05, 3.63) is 63.1 Å². The first kappa shape index (κ1) is 16.3. The fourth-order valence-corrected chi connectivity index (χ4v) is 2.64. The molecule has 0 saturated carbocycles. The molecule has 0 aromatic heterocycles. The lowest BCUT2D eigenvalue weighted by Gasteiger charge is -2.12. The summed E-state index contributed by atoms with van der Waals surface area (Å²) in [6, 6.07) is 14.0. The van der Waals surface area contributed by atoms with Crippen LogP contribution in [-0.2, 0) is 13.0 Å². The van der Waals surface area contributed by atoms with E-state index in [1.807, 2.05) is 30.3 Å². The second-order valence-electron chi connectivity index (χ2n) is 5.05. The molecular weight excluding hydrogens is 350 g/mol. The van der Waals surface area contributed by atoms with Crippen molar-refractivity contribution < 1.29 is 4.74 Å². The Morgan fingerprint density at radius 3 is 2.43 bits per heavy atom. The standard InChI is InChI=1S/C17H19BrClNO/c1-2-15(20)9-13-5-8-17(16(18)10-13)21-11-12-3-6-14(19)7-4-12/h3-8,10,15H,2,9,11,20H2,1H3. The summed E-state index contributed by atoms with van der Waals surface area (Å²) >= 11 is 9.42. The number of benzene rings is 2. The van der Waals surface area contributed by atoms with Crippen molar-refractivity contribution >= 4 is 27.5 Å². The van der Waals surface area contributed by atoms with E-state index in [-0.39, 0.29) is 6.04 Å². The van der Waals surface area contributed by atoms with E-state index in [1.165, 1.54) is 5.56 Å². The molecule has 0 heterocycles. The second kappa shape index (κ2) is 7.83. The number of nitrogens with two attached hydrogens (primary N) is 1. The van der Waals surface area contributed by atoms with Gasteiger partial charge in [-0.3, -0.25) is 0 Å². The Morgan fingerprint density at radius 1 is 1.14 bits per heavy atom. The molecule has 2 aromatic carbocycles. The minimum atomic E-state index is 0.206. The average Bonchev–Trinajstić information content (AvgIpc) is 2.48. The van der Waals surface area contributed by atoms with Gasteiger partial charge in [-0.25, -0.2) is 0 Å². The Labute approximate surface area is 139 Å². The van der Waals surface area contributed by atoms with E-state index in [4.69, 9.17) is 22.1 Å². The Bertz CT molecular complexity index is 586. The Morgan fingerprint density at radius 2 is 1.81 bits per heavy atom. The highest BCUT2D eigenvalue weighted by molar-refractivity contribution is 9.10. The molecular formula is C17H19BrClNO. The van der Waals surface area contributed by atoms with Crippen LogP contribution in [-0.4, -0.2) is 6.04 Å². The molecule has 0 aliphatic carbocycles. The Balaban J connectivity index is 1.99. The van der Waals surface area contributed by atoms with Crippen LogP contribution in [0.1, 0.15) is 24.5 Å². The van der Waals surface area contributed by atoms with Crippen LogP contribution in [0.5, 0.6) is 5.75 Å². The van der Waals surface area contributed by atoms with Gasteiger partial charge in [0, 0.05) is 11.1 Å². The van der Waals surface area contributed by atoms with Gasteiger partial charge in [-0.05, 0) is 64.2 Å². The van der Waals surface area contributed by atoms with E-state index in [9.17, 15) is 0 Å². The van der Waals surface area contributed by atoms with Crippen LogP contribution in [0.2, 0.25) is 5.02 Å². The van der Waals surface area contributed by atoms with Gasteiger partial charge in [0.2, 0.25) is 0 Å². The van der Waals surface area contributed by atoms with Gasteiger partial charge in [-0.15, -0.1) is 0 Å². The fraction of sp³-hybridized carbons (Fsp3) is 0.294. The first-order chi connectivity index (χ1) is 10.1. The van der Waals surface area contributed by atoms with Crippen molar-refractivity contribution in [2.45, 2.75) is 32.4 Å². The lowest BCUT2D eigenvalue weighted by Crippen LogP contribution is -2.21. The van der Waals surface area contributed by atoms with Crippen LogP contribution in [0, 0.1) is 0 Å². The van der Waals surface area contributed by atoms with Crippen LogP contribution in [0.3, 0.4) is 0 Å². The summed E-state index contributed by atoms with van der Waals surface area (Å²) < 4.78 is 6.78. The van der Waals surface area contributed by atoms with E-state index >= 15 is 0 Å². The van der Waals surface area contributed by atoms with Gasteiger partial charge in [0.1, 0.15) is 12.4 Å². The lowest BCUT2D eigenvalue weighted by atomic mass is 10.0. The lowest BCUT2D eigenvalue weighted by molar-refractivity contribution is 0.304. The molecule has 0 spiro atoms. The van der Waals surface area contributed by atoms with Crippen LogP contribution in [0.4, 0.5) is 0 Å². The molecule has 2 nitrogen and oxygen atoms in total. The molecule has 0 aliphatic heterocycles. The molecule has 0 aliphatic rings. The van der Waals surface area contributed by atoms with Gasteiger partial charge in [-0.1, -0.05) is 36.7 Å². The SMILES string of the molecule is CCC(N)Cc1ccc(OCc2ccc(Cl)cc2)c(Br)c1. The molecule has 0 saturated heterocycles. The molecule has 0 fully saturated rings. The van der Waals surface area contributed by atoms with Crippen molar-refractivity contribution in [3.63, 3.8) is 0 Å². The molecule has 1 unspecified atom stereocenters. The molecule has 0 amide bonds. The highest BCUT2D eigenvalue weighted by Gasteiger charge is 2.06. The van der Waals surface area contributed by atoms with E-state index in [2.05, 4.69) is 35.0 Å². The van der Waals surface area contributed by atoms with Crippen molar-refractivity contribution in [2.75, 3.05) is 0 Å². The molecule has 0 bridgehead atoms. The highest BCUT2D eigenvalue weighted by Crippen LogP contribution is 2.27. The molecule has 1 atom stereocenters. The predicted octanol–water partition coefficient (Wildman–Crippen LogP) is 4.96. The summed E-state index contributed by atoms with van der Waals surface area (Å²) in [6.45, 7) is 2.62. The van der Waals surface area contributed by atoms with Crippen LogP contribution >= 0.6 is 27.5 Å². The molecule has 2 rings (SSSR count).